The quantitative estimate of drug-likeness (QED) is 0.517. The van der Waals surface area contributed by atoms with Gasteiger partial charge in [0.1, 0.15) is 5.82 Å². The van der Waals surface area contributed by atoms with Gasteiger partial charge < -0.3 is 9.30 Å². The molecule has 2 rings (SSSR count). The second kappa shape index (κ2) is 7.09. The van der Waals surface area contributed by atoms with Gasteiger partial charge in [-0.15, -0.1) is 11.6 Å². The molecule has 0 fully saturated rings. The molecule has 0 bridgehead atoms. The van der Waals surface area contributed by atoms with Crippen molar-refractivity contribution in [2.24, 2.45) is 5.92 Å². The lowest BCUT2D eigenvalue weighted by Crippen LogP contribution is -2.22. The second-order valence-electron chi connectivity index (χ2n) is 5.14. The summed E-state index contributed by atoms with van der Waals surface area (Å²) in [5, 5.41) is 0. The molecule has 1 unspecified atom stereocenters. The summed E-state index contributed by atoms with van der Waals surface area (Å²) >= 11 is 8.41. The van der Waals surface area contributed by atoms with Crippen molar-refractivity contribution in [2.75, 3.05) is 13.2 Å². The molecule has 1 aromatic carbocycles. The minimum atomic E-state index is 0.258. The van der Waals surface area contributed by atoms with E-state index < -0.39 is 0 Å². The van der Waals surface area contributed by atoms with E-state index in [9.17, 15) is 0 Å². The molecule has 0 aliphatic rings. The molecular formula is C15H20ClIN2O. The van der Waals surface area contributed by atoms with Crippen molar-refractivity contribution in [1.29, 1.82) is 0 Å². The van der Waals surface area contributed by atoms with Crippen LogP contribution in [0, 0.1) is 9.49 Å². The zero-order valence-corrected chi connectivity index (χ0v) is 15.0. The first-order chi connectivity index (χ1) is 9.58. The first-order valence-corrected chi connectivity index (χ1v) is 8.49. The van der Waals surface area contributed by atoms with Crippen LogP contribution in [0.25, 0.3) is 11.0 Å². The molecule has 0 saturated carbocycles. The maximum absolute atomic E-state index is 6.10. The van der Waals surface area contributed by atoms with Gasteiger partial charge in [-0.05, 0) is 53.6 Å². The highest BCUT2D eigenvalue weighted by Gasteiger charge is 2.22. The molecule has 2 aromatic rings. The smallest absolute Gasteiger partial charge is 0.125 e. The van der Waals surface area contributed by atoms with E-state index in [1.54, 1.807) is 0 Å². The maximum atomic E-state index is 6.10. The second-order valence-corrected chi connectivity index (χ2v) is 6.65. The number of ether oxygens (including phenoxy) is 1. The van der Waals surface area contributed by atoms with Crippen LogP contribution < -0.4 is 0 Å². The van der Waals surface area contributed by atoms with Crippen LogP contribution in [0.4, 0.5) is 0 Å². The molecule has 1 aromatic heterocycles. The van der Waals surface area contributed by atoms with Crippen LogP contribution in [0.1, 0.15) is 32.6 Å². The number of benzene rings is 1. The van der Waals surface area contributed by atoms with Crippen LogP contribution in [0.5, 0.6) is 0 Å². The lowest BCUT2D eigenvalue weighted by atomic mass is 10.0. The number of rotatable bonds is 6. The first kappa shape index (κ1) is 16.0. The number of imidazole rings is 1. The third kappa shape index (κ3) is 3.28. The molecule has 1 atom stereocenters. The van der Waals surface area contributed by atoms with E-state index in [1.165, 1.54) is 3.57 Å². The number of alkyl halides is 1. The molecule has 20 heavy (non-hydrogen) atoms. The van der Waals surface area contributed by atoms with Crippen molar-refractivity contribution < 1.29 is 4.74 Å². The predicted octanol–water partition coefficient (Wildman–Crippen LogP) is 4.61. The number of hydrogen-bond donors (Lipinski definition) is 0. The zero-order chi connectivity index (χ0) is 14.7. The number of nitrogens with zero attached hydrogens (tertiary/aromatic N) is 2. The van der Waals surface area contributed by atoms with Crippen LogP contribution in [0.3, 0.4) is 0 Å². The zero-order valence-electron chi connectivity index (χ0n) is 12.1. The molecule has 0 aliphatic heterocycles. The van der Waals surface area contributed by atoms with Gasteiger partial charge in [0.15, 0.2) is 0 Å². The van der Waals surface area contributed by atoms with E-state index in [1.807, 2.05) is 6.92 Å². The van der Waals surface area contributed by atoms with E-state index in [-0.39, 0.29) is 6.04 Å². The van der Waals surface area contributed by atoms with Gasteiger partial charge >= 0.3 is 0 Å². The van der Waals surface area contributed by atoms with Crippen molar-refractivity contribution in [3.05, 3.63) is 27.6 Å². The van der Waals surface area contributed by atoms with Crippen LogP contribution in [-0.4, -0.2) is 22.8 Å². The van der Waals surface area contributed by atoms with Crippen molar-refractivity contribution >= 4 is 45.2 Å². The van der Waals surface area contributed by atoms with Crippen LogP contribution in [0.15, 0.2) is 18.2 Å². The van der Waals surface area contributed by atoms with E-state index >= 15 is 0 Å². The summed E-state index contributed by atoms with van der Waals surface area (Å²) in [6.45, 7) is 7.86. The van der Waals surface area contributed by atoms with Gasteiger partial charge in [0.25, 0.3) is 0 Å². The van der Waals surface area contributed by atoms with Crippen molar-refractivity contribution in [2.45, 2.75) is 32.7 Å². The Hall–Kier alpha value is -0.330. The minimum absolute atomic E-state index is 0.258. The lowest BCUT2D eigenvalue weighted by molar-refractivity contribution is 0.0971. The molecule has 110 valence electrons. The molecule has 0 saturated heterocycles. The molecule has 0 radical (unpaired) electrons. The monoisotopic (exact) mass is 406 g/mol. The van der Waals surface area contributed by atoms with Gasteiger partial charge in [0.05, 0.1) is 29.6 Å². The Morgan fingerprint density at radius 3 is 2.75 bits per heavy atom. The number of aromatic nitrogens is 2. The molecule has 5 heteroatoms. The fourth-order valence-electron chi connectivity index (χ4n) is 2.39. The molecule has 3 nitrogen and oxygen atoms in total. The van der Waals surface area contributed by atoms with E-state index in [0.29, 0.717) is 18.4 Å². The Kier molecular flexibility index (Phi) is 5.69. The van der Waals surface area contributed by atoms with Gasteiger partial charge in [0.2, 0.25) is 0 Å². The molecule has 0 amide bonds. The minimum Gasteiger partial charge on any atom is -0.380 e. The summed E-state index contributed by atoms with van der Waals surface area (Å²) in [7, 11) is 0. The molecule has 0 spiro atoms. The van der Waals surface area contributed by atoms with Gasteiger partial charge in [0, 0.05) is 10.2 Å². The largest absolute Gasteiger partial charge is 0.380 e. The Balaban J connectivity index is 2.54. The van der Waals surface area contributed by atoms with Gasteiger partial charge in [-0.25, -0.2) is 4.98 Å². The van der Waals surface area contributed by atoms with Crippen molar-refractivity contribution in [1.82, 2.24) is 9.55 Å². The summed E-state index contributed by atoms with van der Waals surface area (Å²) in [4.78, 5) is 4.67. The molecule has 0 N–H and O–H groups in total. The summed E-state index contributed by atoms with van der Waals surface area (Å²) in [6.07, 6.45) is 0. The average Bonchev–Trinajstić information content (AvgIpc) is 2.76. The highest BCUT2D eigenvalue weighted by Crippen LogP contribution is 2.28. The van der Waals surface area contributed by atoms with Gasteiger partial charge in [-0.2, -0.15) is 0 Å². The maximum Gasteiger partial charge on any atom is 0.125 e. The van der Waals surface area contributed by atoms with E-state index in [4.69, 9.17) is 16.3 Å². The SMILES string of the molecule is CCOCC(C(C)C)n1c(CCl)nc2cc(I)ccc21. The Morgan fingerprint density at radius 1 is 1.40 bits per heavy atom. The summed E-state index contributed by atoms with van der Waals surface area (Å²) < 4.78 is 9.10. The number of fused-ring (bicyclic) bond motifs is 1. The molecule has 1 heterocycles. The normalized spacial score (nSPS) is 13.3. The summed E-state index contributed by atoms with van der Waals surface area (Å²) in [5.74, 6) is 1.79. The topological polar surface area (TPSA) is 27.1 Å². The molecule has 0 aliphatic carbocycles. The number of halogens is 2. The fourth-order valence-corrected chi connectivity index (χ4v) is 3.05. The average molecular weight is 407 g/mol. The van der Waals surface area contributed by atoms with Crippen molar-refractivity contribution in [3.63, 3.8) is 0 Å². The Morgan fingerprint density at radius 2 is 2.15 bits per heavy atom. The third-order valence-electron chi connectivity index (χ3n) is 3.44. The highest BCUT2D eigenvalue weighted by molar-refractivity contribution is 14.1. The number of hydrogen-bond acceptors (Lipinski definition) is 2. The standard InChI is InChI=1S/C15H20ClIN2O/c1-4-20-9-14(10(2)3)19-13-6-5-11(17)7-12(13)18-15(19)8-16/h5-7,10,14H,4,8-9H2,1-3H3. The van der Waals surface area contributed by atoms with Gasteiger partial charge in [-0.1, -0.05) is 13.8 Å². The van der Waals surface area contributed by atoms with Gasteiger partial charge in [-0.3, -0.25) is 0 Å². The van der Waals surface area contributed by atoms with E-state index in [0.717, 1.165) is 23.5 Å². The van der Waals surface area contributed by atoms with Crippen LogP contribution in [-0.2, 0) is 10.6 Å². The Labute approximate surface area is 138 Å². The fraction of sp³-hybridized carbons (Fsp3) is 0.533. The lowest BCUT2D eigenvalue weighted by Gasteiger charge is -2.24. The first-order valence-electron chi connectivity index (χ1n) is 6.88. The van der Waals surface area contributed by atoms with Crippen LogP contribution >= 0.6 is 34.2 Å². The molecular weight excluding hydrogens is 387 g/mol. The van der Waals surface area contributed by atoms with E-state index in [2.05, 4.69) is 64.2 Å². The van der Waals surface area contributed by atoms with Crippen molar-refractivity contribution in [3.8, 4) is 0 Å². The summed E-state index contributed by atoms with van der Waals surface area (Å²) in [6, 6.07) is 6.59. The Bertz CT molecular complexity index is 583. The highest BCUT2D eigenvalue weighted by atomic mass is 127. The summed E-state index contributed by atoms with van der Waals surface area (Å²) in [5.41, 5.74) is 2.15. The third-order valence-corrected chi connectivity index (χ3v) is 4.35. The predicted molar refractivity (Wildman–Crippen MR) is 92.4 cm³/mol. The van der Waals surface area contributed by atoms with Crippen LogP contribution in [0.2, 0.25) is 0 Å².